The highest BCUT2D eigenvalue weighted by Gasteiger charge is 2.10. The number of hydrogen-bond donors (Lipinski definition) is 1. The lowest BCUT2D eigenvalue weighted by Gasteiger charge is -2.10. The number of esters is 1. The zero-order chi connectivity index (χ0) is 16.5. The molecule has 0 N–H and O–H groups in total. The van der Waals surface area contributed by atoms with Crippen LogP contribution in [0.2, 0.25) is 0 Å². The highest BCUT2D eigenvalue weighted by Crippen LogP contribution is 2.15. The van der Waals surface area contributed by atoms with Gasteiger partial charge in [0, 0.05) is 5.25 Å². The average molecular weight is 331 g/mol. The zero-order valence-corrected chi connectivity index (χ0v) is 15.8. The molecular weight excluding hydrogens is 292 g/mol. The van der Waals surface area contributed by atoms with Crippen molar-refractivity contribution < 1.29 is 9.53 Å². The fourth-order valence-electron chi connectivity index (χ4n) is 2.58. The minimum Gasteiger partial charge on any atom is -0.466 e. The maximum Gasteiger partial charge on any atom is 0.306 e. The third-order valence-electron chi connectivity index (χ3n) is 4.05. The summed E-state index contributed by atoms with van der Waals surface area (Å²) in [6.45, 7) is 5.05. The molecule has 0 saturated carbocycles. The number of carbonyl (C=O) groups excluding carboxylic acids is 1. The molecule has 0 aliphatic carbocycles. The van der Waals surface area contributed by atoms with Crippen molar-refractivity contribution in [1.82, 2.24) is 0 Å². The summed E-state index contributed by atoms with van der Waals surface area (Å²) in [5, 5.41) is 0.170. The largest absolute Gasteiger partial charge is 0.466 e. The van der Waals surface area contributed by atoms with E-state index in [4.69, 9.17) is 4.74 Å². The quantitative estimate of drug-likeness (QED) is 0.203. The van der Waals surface area contributed by atoms with E-state index in [0.29, 0.717) is 13.0 Å². The second-order valence-electron chi connectivity index (χ2n) is 6.40. The van der Waals surface area contributed by atoms with Crippen LogP contribution in [-0.4, -0.2) is 17.8 Å². The van der Waals surface area contributed by atoms with E-state index in [1.165, 1.54) is 70.6 Å². The Morgan fingerprint density at radius 1 is 0.818 bits per heavy atom. The topological polar surface area (TPSA) is 26.3 Å². The first-order valence-corrected chi connectivity index (χ1v) is 10.1. The molecule has 0 aromatic heterocycles. The lowest BCUT2D eigenvalue weighted by Crippen LogP contribution is -2.12. The molecule has 3 heteroatoms. The number of thiol groups is 1. The van der Waals surface area contributed by atoms with Crippen LogP contribution in [-0.2, 0) is 9.53 Å². The molecule has 0 fully saturated rings. The summed E-state index contributed by atoms with van der Waals surface area (Å²) in [6, 6.07) is 0. The monoisotopic (exact) mass is 330 g/mol. The molecule has 0 spiro atoms. The molecule has 0 aromatic rings. The van der Waals surface area contributed by atoms with Gasteiger partial charge in [0.15, 0.2) is 0 Å². The van der Waals surface area contributed by atoms with Crippen molar-refractivity contribution in [1.29, 1.82) is 0 Å². The van der Waals surface area contributed by atoms with E-state index >= 15 is 0 Å². The van der Waals surface area contributed by atoms with Crippen molar-refractivity contribution in [3.05, 3.63) is 0 Å². The minimum atomic E-state index is -0.0699. The molecule has 132 valence electrons. The fraction of sp³-hybridized carbons (Fsp3) is 0.947. The van der Waals surface area contributed by atoms with Crippen LogP contribution in [0.3, 0.4) is 0 Å². The molecule has 1 atom stereocenters. The number of carbonyl (C=O) groups is 1. The summed E-state index contributed by atoms with van der Waals surface area (Å²) >= 11 is 4.51. The molecule has 0 amide bonds. The third kappa shape index (κ3) is 16.2. The number of unbranched alkanes of at least 4 members (excludes halogenated alkanes) is 10. The van der Waals surface area contributed by atoms with Crippen LogP contribution in [0.25, 0.3) is 0 Å². The summed E-state index contributed by atoms with van der Waals surface area (Å²) in [6.07, 6.45) is 16.6. The Hall–Kier alpha value is -0.180. The molecular formula is C19H38O2S. The van der Waals surface area contributed by atoms with E-state index in [9.17, 15) is 4.79 Å². The summed E-state index contributed by atoms with van der Waals surface area (Å²) in [7, 11) is 0. The minimum absolute atomic E-state index is 0.0699. The van der Waals surface area contributed by atoms with Gasteiger partial charge in [-0.05, 0) is 12.8 Å². The Labute approximate surface area is 144 Å². The van der Waals surface area contributed by atoms with Gasteiger partial charge in [0.25, 0.3) is 0 Å². The van der Waals surface area contributed by atoms with Crippen molar-refractivity contribution in [2.24, 2.45) is 0 Å². The average Bonchev–Trinajstić information content (AvgIpc) is 2.50. The Morgan fingerprint density at radius 2 is 1.32 bits per heavy atom. The van der Waals surface area contributed by atoms with E-state index < -0.39 is 0 Å². The first-order chi connectivity index (χ1) is 10.7. The van der Waals surface area contributed by atoms with Crippen LogP contribution in [0.15, 0.2) is 0 Å². The Morgan fingerprint density at radius 3 is 1.91 bits per heavy atom. The van der Waals surface area contributed by atoms with Gasteiger partial charge in [-0.2, -0.15) is 12.6 Å². The van der Waals surface area contributed by atoms with Crippen molar-refractivity contribution in [3.63, 3.8) is 0 Å². The van der Waals surface area contributed by atoms with E-state index in [0.717, 1.165) is 12.8 Å². The van der Waals surface area contributed by atoms with Gasteiger partial charge in [-0.3, -0.25) is 4.79 Å². The molecule has 0 heterocycles. The number of ether oxygens (including phenoxy) is 1. The Kier molecular flexibility index (Phi) is 17.0. The van der Waals surface area contributed by atoms with Gasteiger partial charge in [-0.1, -0.05) is 84.5 Å². The van der Waals surface area contributed by atoms with Crippen LogP contribution in [0, 0.1) is 0 Å². The van der Waals surface area contributed by atoms with Crippen LogP contribution in [0.5, 0.6) is 0 Å². The van der Waals surface area contributed by atoms with Crippen molar-refractivity contribution >= 4 is 18.6 Å². The molecule has 0 radical (unpaired) electrons. The predicted molar refractivity (Wildman–Crippen MR) is 99.7 cm³/mol. The lowest BCUT2D eigenvalue weighted by molar-refractivity contribution is -0.143. The highest BCUT2D eigenvalue weighted by atomic mass is 32.1. The van der Waals surface area contributed by atoms with Gasteiger partial charge >= 0.3 is 5.97 Å². The molecule has 0 aliphatic heterocycles. The molecule has 0 aliphatic rings. The summed E-state index contributed by atoms with van der Waals surface area (Å²) < 4.78 is 5.29. The molecule has 0 aromatic carbocycles. The SMILES string of the molecule is CCCCCCCCOC(=O)CC(S)CCCCCCCC. The smallest absolute Gasteiger partial charge is 0.306 e. The van der Waals surface area contributed by atoms with Crippen molar-refractivity contribution in [2.45, 2.75) is 109 Å². The van der Waals surface area contributed by atoms with Gasteiger partial charge in [0.2, 0.25) is 0 Å². The van der Waals surface area contributed by atoms with Gasteiger partial charge in [0.1, 0.15) is 0 Å². The first-order valence-electron chi connectivity index (χ1n) is 9.54. The van der Waals surface area contributed by atoms with Gasteiger partial charge in [-0.15, -0.1) is 0 Å². The standard InChI is InChI=1S/C19H38O2S/c1-3-5-7-9-11-13-15-18(22)17-19(20)21-16-14-12-10-8-6-4-2/h18,22H,3-17H2,1-2H3. The summed E-state index contributed by atoms with van der Waals surface area (Å²) in [5.74, 6) is -0.0699. The van der Waals surface area contributed by atoms with Gasteiger partial charge in [0.05, 0.1) is 13.0 Å². The van der Waals surface area contributed by atoms with Crippen LogP contribution in [0.1, 0.15) is 104 Å². The normalized spacial score (nSPS) is 12.3. The maximum atomic E-state index is 11.7. The molecule has 0 rings (SSSR count). The molecule has 2 nitrogen and oxygen atoms in total. The van der Waals surface area contributed by atoms with E-state index in [-0.39, 0.29) is 11.2 Å². The van der Waals surface area contributed by atoms with Gasteiger partial charge < -0.3 is 4.74 Å². The molecule has 1 unspecified atom stereocenters. The number of hydrogen-bond acceptors (Lipinski definition) is 3. The second-order valence-corrected chi connectivity index (χ2v) is 7.13. The second kappa shape index (κ2) is 17.2. The van der Waals surface area contributed by atoms with Crippen LogP contribution < -0.4 is 0 Å². The highest BCUT2D eigenvalue weighted by molar-refractivity contribution is 7.81. The molecule has 0 bridgehead atoms. The fourth-order valence-corrected chi connectivity index (χ4v) is 2.91. The lowest BCUT2D eigenvalue weighted by atomic mass is 10.1. The summed E-state index contributed by atoms with van der Waals surface area (Å²) in [4.78, 5) is 11.7. The predicted octanol–water partition coefficient (Wildman–Crippen LogP) is 6.33. The Bertz CT molecular complexity index is 244. The Balaban J connectivity index is 3.34. The van der Waals surface area contributed by atoms with Crippen molar-refractivity contribution in [3.8, 4) is 0 Å². The molecule has 22 heavy (non-hydrogen) atoms. The first kappa shape index (κ1) is 21.8. The third-order valence-corrected chi connectivity index (χ3v) is 4.49. The van der Waals surface area contributed by atoms with E-state index in [1.807, 2.05) is 0 Å². The zero-order valence-electron chi connectivity index (χ0n) is 14.9. The van der Waals surface area contributed by atoms with E-state index in [2.05, 4.69) is 26.5 Å². The van der Waals surface area contributed by atoms with Crippen molar-refractivity contribution in [2.75, 3.05) is 6.61 Å². The van der Waals surface area contributed by atoms with E-state index in [1.54, 1.807) is 0 Å². The van der Waals surface area contributed by atoms with Crippen LogP contribution in [0.4, 0.5) is 0 Å². The molecule has 0 saturated heterocycles. The summed E-state index contributed by atoms with van der Waals surface area (Å²) in [5.41, 5.74) is 0. The number of rotatable bonds is 16. The van der Waals surface area contributed by atoms with Crippen LogP contribution >= 0.6 is 12.6 Å². The maximum absolute atomic E-state index is 11.7. The van der Waals surface area contributed by atoms with Gasteiger partial charge in [-0.25, -0.2) is 0 Å².